The van der Waals surface area contributed by atoms with Gasteiger partial charge in [0.05, 0.1) is 29.0 Å². The Kier molecular flexibility index (Phi) is 6.85. The lowest BCUT2D eigenvalue weighted by atomic mass is 9.84. The first-order valence-electron chi connectivity index (χ1n) is 11.4. The molecule has 35 heavy (non-hydrogen) atoms. The predicted molar refractivity (Wildman–Crippen MR) is 141 cm³/mol. The molecule has 1 amide bonds. The predicted octanol–water partition coefficient (Wildman–Crippen LogP) is 5.28. The van der Waals surface area contributed by atoms with Crippen LogP contribution in [0.4, 0.5) is 5.69 Å². The van der Waals surface area contributed by atoms with E-state index in [-0.39, 0.29) is 12.5 Å². The van der Waals surface area contributed by atoms with Crippen molar-refractivity contribution in [2.24, 2.45) is 7.05 Å². The molecular weight excluding hydrogens is 508 g/mol. The van der Waals surface area contributed by atoms with Crippen LogP contribution in [-0.2, 0) is 30.3 Å². The molecule has 182 valence electrons. The third kappa shape index (κ3) is 5.03. The molecule has 0 aliphatic carbocycles. The molecule has 4 rings (SSSR count). The number of carbonyl (C=O) groups excluding carboxylic acids is 2. The number of aromatic nitrogens is 2. The normalized spacial score (nSPS) is 11.6. The van der Waals surface area contributed by atoms with Crippen molar-refractivity contribution >= 4 is 44.8 Å². The molecule has 0 saturated heterocycles. The van der Waals surface area contributed by atoms with Gasteiger partial charge < -0.3 is 19.4 Å². The van der Waals surface area contributed by atoms with Gasteiger partial charge in [0.25, 0.3) is 5.91 Å². The molecule has 2 aromatic carbocycles. The fourth-order valence-corrected chi connectivity index (χ4v) is 4.61. The first-order valence-corrected chi connectivity index (χ1v) is 12.2. The van der Waals surface area contributed by atoms with E-state index in [4.69, 9.17) is 4.42 Å². The standard InChI is InChI=1S/C27H29BrN4O3/c1-17-25(28)23(32(5)30-17)15-31(4)22-13-19(10-11-21(22)27(2,3)16-33)26(34)29-14-20-12-18-8-6-7-9-24(18)35-20/h6-13,16H,14-15H2,1-5H3,(H,29,34). The van der Waals surface area contributed by atoms with Crippen LogP contribution in [0.5, 0.6) is 0 Å². The molecule has 0 aliphatic rings. The van der Waals surface area contributed by atoms with Crippen LogP contribution in [0.2, 0.25) is 0 Å². The highest BCUT2D eigenvalue weighted by atomic mass is 79.9. The number of amides is 1. The van der Waals surface area contributed by atoms with E-state index < -0.39 is 5.41 Å². The number of halogens is 1. The zero-order valence-corrected chi connectivity index (χ0v) is 22.1. The number of benzene rings is 2. The maximum absolute atomic E-state index is 13.0. The summed E-state index contributed by atoms with van der Waals surface area (Å²) in [6.07, 6.45) is 0.936. The fraction of sp³-hybridized carbons (Fsp3) is 0.296. The number of aldehydes is 1. The molecule has 0 bridgehead atoms. The Labute approximate surface area is 213 Å². The smallest absolute Gasteiger partial charge is 0.251 e. The van der Waals surface area contributed by atoms with E-state index in [2.05, 4.69) is 26.3 Å². The van der Waals surface area contributed by atoms with E-state index in [0.29, 0.717) is 17.9 Å². The summed E-state index contributed by atoms with van der Waals surface area (Å²) in [4.78, 5) is 27.0. The van der Waals surface area contributed by atoms with Gasteiger partial charge in [-0.15, -0.1) is 0 Å². The molecule has 2 heterocycles. The zero-order chi connectivity index (χ0) is 25.3. The van der Waals surface area contributed by atoms with Gasteiger partial charge in [0.1, 0.15) is 17.6 Å². The largest absolute Gasteiger partial charge is 0.459 e. The number of nitrogens with zero attached hydrogens (tertiary/aromatic N) is 3. The van der Waals surface area contributed by atoms with Gasteiger partial charge in [-0.05, 0) is 66.5 Å². The molecule has 0 aliphatic heterocycles. The molecular formula is C27H29BrN4O3. The van der Waals surface area contributed by atoms with Crippen molar-refractivity contribution in [3.8, 4) is 0 Å². The summed E-state index contributed by atoms with van der Waals surface area (Å²) in [5, 5.41) is 8.41. The van der Waals surface area contributed by atoms with Gasteiger partial charge in [0.2, 0.25) is 0 Å². The number of para-hydroxylation sites is 1. The Balaban J connectivity index is 1.61. The fourth-order valence-electron chi connectivity index (χ4n) is 4.15. The van der Waals surface area contributed by atoms with Crippen molar-refractivity contribution in [3.05, 3.63) is 81.3 Å². The topological polar surface area (TPSA) is 80.4 Å². The number of rotatable bonds is 8. The molecule has 0 atom stereocenters. The van der Waals surface area contributed by atoms with Gasteiger partial charge in [0.15, 0.2) is 0 Å². The summed E-state index contributed by atoms with van der Waals surface area (Å²) < 4.78 is 8.60. The molecule has 0 spiro atoms. The van der Waals surface area contributed by atoms with Gasteiger partial charge in [-0.25, -0.2) is 0 Å². The maximum atomic E-state index is 13.0. The summed E-state index contributed by atoms with van der Waals surface area (Å²) >= 11 is 3.63. The molecule has 1 N–H and O–H groups in total. The summed E-state index contributed by atoms with van der Waals surface area (Å²) in [7, 11) is 3.85. The lowest BCUT2D eigenvalue weighted by Gasteiger charge is -2.28. The number of fused-ring (bicyclic) bond motifs is 1. The van der Waals surface area contributed by atoms with Gasteiger partial charge in [-0.1, -0.05) is 24.3 Å². The first-order chi connectivity index (χ1) is 16.6. The van der Waals surface area contributed by atoms with Crippen LogP contribution in [-0.4, -0.2) is 29.0 Å². The minimum atomic E-state index is -0.716. The van der Waals surface area contributed by atoms with E-state index in [1.54, 1.807) is 6.07 Å². The molecule has 7 nitrogen and oxygen atoms in total. The Bertz CT molecular complexity index is 1370. The van der Waals surface area contributed by atoms with Crippen LogP contribution >= 0.6 is 15.9 Å². The minimum absolute atomic E-state index is 0.215. The van der Waals surface area contributed by atoms with Crippen molar-refractivity contribution in [3.63, 3.8) is 0 Å². The molecule has 4 aromatic rings. The summed E-state index contributed by atoms with van der Waals surface area (Å²) in [5.41, 5.74) is 4.14. The summed E-state index contributed by atoms with van der Waals surface area (Å²) in [6, 6.07) is 15.1. The Morgan fingerprint density at radius 1 is 1.23 bits per heavy atom. The summed E-state index contributed by atoms with van der Waals surface area (Å²) in [6.45, 7) is 6.52. The minimum Gasteiger partial charge on any atom is -0.459 e. The van der Waals surface area contributed by atoms with E-state index >= 15 is 0 Å². The number of furan rings is 1. The lowest BCUT2D eigenvalue weighted by molar-refractivity contribution is -0.111. The maximum Gasteiger partial charge on any atom is 0.251 e. The third-order valence-electron chi connectivity index (χ3n) is 6.21. The van der Waals surface area contributed by atoms with Gasteiger partial charge in [-0.3, -0.25) is 9.48 Å². The van der Waals surface area contributed by atoms with E-state index in [1.807, 2.05) is 86.9 Å². The average Bonchev–Trinajstić information content (AvgIpc) is 3.37. The molecule has 8 heteroatoms. The second kappa shape index (κ2) is 9.70. The highest BCUT2D eigenvalue weighted by molar-refractivity contribution is 9.10. The van der Waals surface area contributed by atoms with Gasteiger partial charge >= 0.3 is 0 Å². The zero-order valence-electron chi connectivity index (χ0n) is 20.6. The van der Waals surface area contributed by atoms with Crippen molar-refractivity contribution in [1.29, 1.82) is 0 Å². The molecule has 2 aromatic heterocycles. The number of anilines is 1. The van der Waals surface area contributed by atoms with E-state index in [1.165, 1.54) is 0 Å². The van der Waals surface area contributed by atoms with Crippen LogP contribution in [0, 0.1) is 6.92 Å². The Hall–Kier alpha value is -3.39. The first kappa shape index (κ1) is 24.7. The molecule has 0 saturated carbocycles. The number of hydrogen-bond acceptors (Lipinski definition) is 5. The van der Waals surface area contributed by atoms with Crippen LogP contribution < -0.4 is 10.2 Å². The van der Waals surface area contributed by atoms with Crippen molar-refractivity contribution in [2.75, 3.05) is 11.9 Å². The quantitative estimate of drug-likeness (QED) is 0.310. The number of aryl methyl sites for hydroxylation is 2. The SMILES string of the molecule is Cc1nn(C)c(CN(C)c2cc(C(=O)NCc3cc4ccccc4o3)ccc2C(C)(C)C=O)c1Br. The highest BCUT2D eigenvalue weighted by Gasteiger charge is 2.26. The molecule has 0 unspecified atom stereocenters. The highest BCUT2D eigenvalue weighted by Crippen LogP contribution is 2.33. The Morgan fingerprint density at radius 3 is 2.63 bits per heavy atom. The number of carbonyl (C=O) groups is 2. The van der Waals surface area contributed by atoms with Gasteiger partial charge in [-0.2, -0.15) is 5.10 Å². The second-order valence-corrected chi connectivity index (χ2v) is 10.1. The monoisotopic (exact) mass is 536 g/mol. The second-order valence-electron chi connectivity index (χ2n) is 9.33. The summed E-state index contributed by atoms with van der Waals surface area (Å²) in [5.74, 6) is 0.472. The third-order valence-corrected chi connectivity index (χ3v) is 7.24. The van der Waals surface area contributed by atoms with Gasteiger partial charge in [0, 0.05) is 36.1 Å². The molecule has 0 radical (unpaired) electrons. The van der Waals surface area contributed by atoms with E-state index in [0.717, 1.165) is 44.4 Å². The number of nitrogens with one attached hydrogen (secondary N) is 1. The van der Waals surface area contributed by atoms with Crippen molar-refractivity contribution in [1.82, 2.24) is 15.1 Å². The van der Waals surface area contributed by atoms with Crippen LogP contribution in [0.15, 0.2) is 57.4 Å². The lowest BCUT2D eigenvalue weighted by Crippen LogP contribution is -2.28. The van der Waals surface area contributed by atoms with Crippen molar-refractivity contribution in [2.45, 2.75) is 39.3 Å². The van der Waals surface area contributed by atoms with E-state index in [9.17, 15) is 9.59 Å². The van der Waals surface area contributed by atoms with Crippen LogP contribution in [0.1, 0.15) is 46.9 Å². The number of hydrogen-bond donors (Lipinski definition) is 1. The van der Waals surface area contributed by atoms with Crippen LogP contribution in [0.25, 0.3) is 11.0 Å². The van der Waals surface area contributed by atoms with Crippen LogP contribution in [0.3, 0.4) is 0 Å². The Morgan fingerprint density at radius 2 is 1.97 bits per heavy atom. The molecule has 0 fully saturated rings. The van der Waals surface area contributed by atoms with Crippen molar-refractivity contribution < 1.29 is 14.0 Å². The average molecular weight is 537 g/mol.